The van der Waals surface area contributed by atoms with E-state index in [0.717, 1.165) is 10.2 Å². The summed E-state index contributed by atoms with van der Waals surface area (Å²) < 4.78 is 4.66. The van der Waals surface area contributed by atoms with Gasteiger partial charge < -0.3 is 9.84 Å². The fourth-order valence-electron chi connectivity index (χ4n) is 1.49. The van der Waals surface area contributed by atoms with Crippen molar-refractivity contribution in [2.24, 2.45) is 5.84 Å². The van der Waals surface area contributed by atoms with Crippen molar-refractivity contribution in [1.29, 1.82) is 0 Å². The normalized spacial score (nSPS) is 10.7. The highest BCUT2D eigenvalue weighted by Crippen LogP contribution is 2.26. The van der Waals surface area contributed by atoms with Crippen molar-refractivity contribution in [1.82, 2.24) is 20.1 Å². The molecule has 0 spiro atoms. The number of hydrogen-bond donors (Lipinski definition) is 3. The molecular weight excluding hydrogens is 254 g/mol. The lowest BCUT2D eigenvalue weighted by molar-refractivity contribution is 0.411. The molecule has 0 aromatic carbocycles. The third kappa shape index (κ3) is 1.96. The van der Waals surface area contributed by atoms with E-state index in [4.69, 9.17) is 5.84 Å². The summed E-state index contributed by atoms with van der Waals surface area (Å²) in [6, 6.07) is 1.94. The lowest BCUT2D eigenvalue weighted by atomic mass is 10.4. The molecule has 0 saturated carbocycles. The van der Waals surface area contributed by atoms with Crippen LogP contribution in [0.5, 0.6) is 0 Å². The van der Waals surface area contributed by atoms with Gasteiger partial charge in [-0.25, -0.2) is 10.8 Å². The Bertz CT molecular complexity index is 650. The minimum Gasteiger partial charge on any atom is -0.362 e. The van der Waals surface area contributed by atoms with Crippen LogP contribution in [0.15, 0.2) is 22.4 Å². The van der Waals surface area contributed by atoms with Gasteiger partial charge in [0.05, 0.1) is 11.9 Å². The van der Waals surface area contributed by atoms with Crippen LogP contribution in [0.1, 0.15) is 5.82 Å². The highest BCUT2D eigenvalue weighted by molar-refractivity contribution is 7.16. The Labute approximate surface area is 105 Å². The summed E-state index contributed by atoms with van der Waals surface area (Å²) in [7, 11) is 0. The average molecular weight is 263 g/mol. The lowest BCUT2D eigenvalue weighted by Gasteiger charge is -2.06. The van der Waals surface area contributed by atoms with Crippen LogP contribution >= 0.6 is 11.3 Å². The molecule has 0 fully saturated rings. The molecule has 3 aromatic rings. The zero-order valence-corrected chi connectivity index (χ0v) is 9.94. The standard InChI is InChI=1S/C9H9N7OS/c10-15-9-13-7(5-1-2-18-8(5)14-9)11-3-6-12-4-17-16-6/h1-2,4H,3,10H2,(H2,11,13,14,15). The number of nitrogens with zero attached hydrogens (tertiary/aromatic N) is 4. The van der Waals surface area contributed by atoms with Gasteiger partial charge in [-0.15, -0.1) is 11.3 Å². The average Bonchev–Trinajstić information content (AvgIpc) is 3.06. The fourth-order valence-corrected chi connectivity index (χ4v) is 2.25. The van der Waals surface area contributed by atoms with Crippen LogP contribution in [0.4, 0.5) is 11.8 Å². The Balaban J connectivity index is 1.92. The summed E-state index contributed by atoms with van der Waals surface area (Å²) in [5.74, 6) is 6.93. The van der Waals surface area contributed by atoms with Crippen molar-refractivity contribution in [3.05, 3.63) is 23.7 Å². The summed E-state index contributed by atoms with van der Waals surface area (Å²) in [5.41, 5.74) is 2.44. The van der Waals surface area contributed by atoms with Gasteiger partial charge in [-0.05, 0) is 11.4 Å². The van der Waals surface area contributed by atoms with E-state index in [-0.39, 0.29) is 0 Å². The van der Waals surface area contributed by atoms with Crippen molar-refractivity contribution in [2.45, 2.75) is 6.54 Å². The molecule has 0 unspecified atom stereocenters. The number of hydrazine groups is 1. The van der Waals surface area contributed by atoms with E-state index >= 15 is 0 Å². The van der Waals surface area contributed by atoms with Crippen LogP contribution in [0.25, 0.3) is 10.2 Å². The first-order valence-corrected chi connectivity index (χ1v) is 5.96. The highest BCUT2D eigenvalue weighted by atomic mass is 32.1. The first-order valence-electron chi connectivity index (χ1n) is 5.08. The predicted octanol–water partition coefficient (Wildman–Crippen LogP) is 0.972. The number of nitrogen functional groups attached to an aromatic ring is 1. The molecular formula is C9H9N7OS. The van der Waals surface area contributed by atoms with Gasteiger partial charge in [-0.3, -0.25) is 5.43 Å². The molecule has 0 aliphatic carbocycles. The second-order valence-corrected chi connectivity index (χ2v) is 4.28. The molecule has 18 heavy (non-hydrogen) atoms. The summed E-state index contributed by atoms with van der Waals surface area (Å²) in [4.78, 5) is 13.3. The Kier molecular flexibility index (Phi) is 2.74. The lowest BCUT2D eigenvalue weighted by Crippen LogP contribution is -2.12. The second kappa shape index (κ2) is 4.55. The molecule has 0 aliphatic heterocycles. The van der Waals surface area contributed by atoms with Gasteiger partial charge in [0, 0.05) is 0 Å². The summed E-state index contributed by atoms with van der Waals surface area (Å²) in [6.45, 7) is 0.419. The molecule has 3 heterocycles. The van der Waals surface area contributed by atoms with Gasteiger partial charge in [-0.1, -0.05) is 5.16 Å². The van der Waals surface area contributed by atoms with Crippen molar-refractivity contribution in [2.75, 3.05) is 10.7 Å². The van der Waals surface area contributed by atoms with Gasteiger partial charge in [-0.2, -0.15) is 9.97 Å². The molecule has 92 valence electrons. The van der Waals surface area contributed by atoms with Gasteiger partial charge in [0.1, 0.15) is 10.6 Å². The Morgan fingerprint density at radius 1 is 1.39 bits per heavy atom. The van der Waals surface area contributed by atoms with E-state index in [1.54, 1.807) is 0 Å². The molecule has 0 bridgehead atoms. The molecule has 0 radical (unpaired) electrons. The summed E-state index contributed by atoms with van der Waals surface area (Å²) in [6.07, 6.45) is 1.28. The topological polar surface area (TPSA) is 115 Å². The first-order chi connectivity index (χ1) is 8.86. The van der Waals surface area contributed by atoms with E-state index in [0.29, 0.717) is 24.1 Å². The fraction of sp³-hybridized carbons (Fsp3) is 0.111. The monoisotopic (exact) mass is 263 g/mol. The predicted molar refractivity (Wildman–Crippen MR) is 66.8 cm³/mol. The molecule has 0 aliphatic rings. The minimum atomic E-state index is 0.362. The van der Waals surface area contributed by atoms with Gasteiger partial charge >= 0.3 is 0 Å². The highest BCUT2D eigenvalue weighted by Gasteiger charge is 2.09. The number of nitrogens with two attached hydrogens (primary N) is 1. The number of nitrogens with one attached hydrogen (secondary N) is 2. The van der Waals surface area contributed by atoms with Crippen LogP contribution in [0.2, 0.25) is 0 Å². The maximum Gasteiger partial charge on any atom is 0.240 e. The summed E-state index contributed by atoms with van der Waals surface area (Å²) >= 11 is 1.52. The van der Waals surface area contributed by atoms with Crippen molar-refractivity contribution in [3.63, 3.8) is 0 Å². The molecule has 8 nitrogen and oxygen atoms in total. The van der Waals surface area contributed by atoms with Crippen LogP contribution in [0.3, 0.4) is 0 Å². The van der Waals surface area contributed by atoms with Crippen LogP contribution in [-0.2, 0) is 6.54 Å². The van der Waals surface area contributed by atoms with Crippen molar-refractivity contribution >= 4 is 33.3 Å². The van der Waals surface area contributed by atoms with Crippen LogP contribution < -0.4 is 16.6 Å². The number of aromatic nitrogens is 4. The van der Waals surface area contributed by atoms with E-state index in [2.05, 4.69) is 35.4 Å². The van der Waals surface area contributed by atoms with Crippen molar-refractivity contribution in [3.8, 4) is 0 Å². The Hall–Kier alpha value is -2.26. The third-order valence-electron chi connectivity index (χ3n) is 2.28. The molecule has 0 atom stereocenters. The number of rotatable bonds is 4. The van der Waals surface area contributed by atoms with E-state index in [1.165, 1.54) is 17.7 Å². The molecule has 0 saturated heterocycles. The van der Waals surface area contributed by atoms with Crippen molar-refractivity contribution < 1.29 is 4.52 Å². The van der Waals surface area contributed by atoms with E-state index < -0.39 is 0 Å². The largest absolute Gasteiger partial charge is 0.362 e. The maximum atomic E-state index is 5.33. The number of thiophene rings is 1. The van der Waals surface area contributed by atoms with Gasteiger partial charge in [0.25, 0.3) is 0 Å². The molecule has 3 rings (SSSR count). The zero-order valence-electron chi connectivity index (χ0n) is 9.12. The van der Waals surface area contributed by atoms with Crippen LogP contribution in [-0.4, -0.2) is 20.1 Å². The minimum absolute atomic E-state index is 0.362. The van der Waals surface area contributed by atoms with E-state index in [9.17, 15) is 0 Å². The SMILES string of the molecule is NNc1nc(NCc2ncon2)c2ccsc2n1. The number of fused-ring (bicyclic) bond motifs is 1. The second-order valence-electron chi connectivity index (χ2n) is 3.38. The van der Waals surface area contributed by atoms with Gasteiger partial charge in [0.2, 0.25) is 12.3 Å². The smallest absolute Gasteiger partial charge is 0.240 e. The summed E-state index contributed by atoms with van der Waals surface area (Å²) in [5, 5.41) is 9.71. The number of anilines is 2. The molecule has 4 N–H and O–H groups in total. The Morgan fingerprint density at radius 2 is 2.33 bits per heavy atom. The zero-order chi connectivity index (χ0) is 12.4. The molecule has 0 amide bonds. The number of hydrogen-bond acceptors (Lipinski definition) is 9. The molecule has 3 aromatic heterocycles. The maximum absolute atomic E-state index is 5.33. The molecule has 9 heteroatoms. The first kappa shape index (κ1) is 10.9. The quantitative estimate of drug-likeness (QED) is 0.471. The van der Waals surface area contributed by atoms with Gasteiger partial charge in [0.15, 0.2) is 5.82 Å². The Morgan fingerprint density at radius 3 is 3.11 bits per heavy atom. The van der Waals surface area contributed by atoms with Crippen LogP contribution in [0, 0.1) is 0 Å². The third-order valence-corrected chi connectivity index (χ3v) is 3.08. The van der Waals surface area contributed by atoms with E-state index in [1.807, 2.05) is 11.4 Å².